The molecule has 0 radical (unpaired) electrons. The highest BCUT2D eigenvalue weighted by Crippen LogP contribution is 2.53. The van der Waals surface area contributed by atoms with Gasteiger partial charge in [0.15, 0.2) is 0 Å². The molecule has 1 aromatic rings. The summed E-state index contributed by atoms with van der Waals surface area (Å²) in [5.41, 5.74) is 2.15. The van der Waals surface area contributed by atoms with Gasteiger partial charge in [-0.3, -0.25) is 4.98 Å². The van der Waals surface area contributed by atoms with Crippen LogP contribution in [0.15, 0.2) is 24.5 Å². The van der Waals surface area contributed by atoms with Gasteiger partial charge in [-0.15, -0.1) is 0 Å². The largest absolute Gasteiger partial charge is 0.319 e. The first-order valence-electron chi connectivity index (χ1n) is 6.53. The van der Waals surface area contributed by atoms with Gasteiger partial charge in [0.05, 0.1) is 0 Å². The number of likely N-dealkylation sites (N-methyl/N-ethyl adjacent to an activating group) is 1. The smallest absolute Gasteiger partial charge is 0.0306 e. The minimum Gasteiger partial charge on any atom is -0.319 e. The Balaban J connectivity index is 2.16. The SMILES string of the molecule is CNCC1(c2cccnc2)CC(C(C)(C)C)C1. The third kappa shape index (κ3) is 2.37. The summed E-state index contributed by atoms with van der Waals surface area (Å²) in [6.45, 7) is 8.11. The number of rotatable bonds is 3. The lowest BCUT2D eigenvalue weighted by Gasteiger charge is -2.53. The van der Waals surface area contributed by atoms with Gasteiger partial charge in [-0.2, -0.15) is 0 Å². The third-order valence-corrected chi connectivity index (χ3v) is 4.29. The molecule has 1 aliphatic carbocycles. The van der Waals surface area contributed by atoms with E-state index in [0.29, 0.717) is 10.8 Å². The molecule has 1 heterocycles. The normalized spacial score (nSPS) is 28.8. The maximum Gasteiger partial charge on any atom is 0.0306 e. The van der Waals surface area contributed by atoms with Gasteiger partial charge in [-0.05, 0) is 42.9 Å². The standard InChI is InChI=1S/C15H24N2/c1-14(2,3)13-8-15(9-13,11-16-4)12-6-5-7-17-10-12/h5-7,10,13,16H,8-9,11H2,1-4H3. The molecule has 17 heavy (non-hydrogen) atoms. The molecule has 2 rings (SSSR count). The van der Waals surface area contributed by atoms with Crippen LogP contribution in [0.2, 0.25) is 0 Å². The van der Waals surface area contributed by atoms with Crippen LogP contribution >= 0.6 is 0 Å². The van der Waals surface area contributed by atoms with Crippen molar-refractivity contribution in [2.75, 3.05) is 13.6 Å². The summed E-state index contributed by atoms with van der Waals surface area (Å²) in [5.74, 6) is 0.830. The van der Waals surface area contributed by atoms with Crippen molar-refractivity contribution in [1.82, 2.24) is 10.3 Å². The van der Waals surface area contributed by atoms with E-state index in [2.05, 4.69) is 43.2 Å². The average molecular weight is 232 g/mol. The van der Waals surface area contributed by atoms with Crippen LogP contribution in [-0.2, 0) is 5.41 Å². The van der Waals surface area contributed by atoms with Crippen molar-refractivity contribution in [3.05, 3.63) is 30.1 Å². The van der Waals surface area contributed by atoms with Gasteiger partial charge in [-0.1, -0.05) is 26.8 Å². The molecular formula is C15H24N2. The van der Waals surface area contributed by atoms with Crippen LogP contribution in [0, 0.1) is 11.3 Å². The molecule has 0 aliphatic heterocycles. The fraction of sp³-hybridized carbons (Fsp3) is 0.667. The van der Waals surface area contributed by atoms with E-state index >= 15 is 0 Å². The summed E-state index contributed by atoms with van der Waals surface area (Å²) in [7, 11) is 2.04. The molecule has 0 amide bonds. The zero-order valence-corrected chi connectivity index (χ0v) is 11.5. The molecule has 2 nitrogen and oxygen atoms in total. The van der Waals surface area contributed by atoms with Crippen molar-refractivity contribution in [1.29, 1.82) is 0 Å². The second-order valence-corrected chi connectivity index (χ2v) is 6.52. The van der Waals surface area contributed by atoms with Gasteiger partial charge < -0.3 is 5.32 Å². The van der Waals surface area contributed by atoms with E-state index in [1.807, 2.05) is 19.4 Å². The molecule has 0 aromatic carbocycles. The molecule has 1 aliphatic rings. The van der Waals surface area contributed by atoms with E-state index in [4.69, 9.17) is 0 Å². The van der Waals surface area contributed by atoms with Crippen molar-refractivity contribution in [2.24, 2.45) is 11.3 Å². The molecule has 0 bridgehead atoms. The quantitative estimate of drug-likeness (QED) is 0.866. The van der Waals surface area contributed by atoms with Gasteiger partial charge in [0.1, 0.15) is 0 Å². The Morgan fingerprint density at radius 3 is 2.59 bits per heavy atom. The second kappa shape index (κ2) is 4.41. The Hall–Kier alpha value is -0.890. The van der Waals surface area contributed by atoms with E-state index in [1.54, 1.807) is 0 Å². The molecule has 2 heteroatoms. The van der Waals surface area contributed by atoms with E-state index in [9.17, 15) is 0 Å². The van der Waals surface area contributed by atoms with Crippen molar-refractivity contribution in [3.8, 4) is 0 Å². The molecule has 0 atom stereocenters. The molecule has 1 aromatic heterocycles. The topological polar surface area (TPSA) is 24.9 Å². The molecule has 1 N–H and O–H groups in total. The lowest BCUT2D eigenvalue weighted by Crippen LogP contribution is -2.51. The van der Waals surface area contributed by atoms with E-state index < -0.39 is 0 Å². The van der Waals surface area contributed by atoms with Crippen LogP contribution in [0.3, 0.4) is 0 Å². The highest BCUT2D eigenvalue weighted by Gasteiger charge is 2.48. The molecule has 0 saturated heterocycles. The second-order valence-electron chi connectivity index (χ2n) is 6.52. The fourth-order valence-corrected chi connectivity index (χ4v) is 2.99. The fourth-order valence-electron chi connectivity index (χ4n) is 2.99. The maximum absolute atomic E-state index is 4.27. The van der Waals surface area contributed by atoms with Gasteiger partial charge in [-0.25, -0.2) is 0 Å². The minimum atomic E-state index is 0.320. The van der Waals surface area contributed by atoms with E-state index in [-0.39, 0.29) is 0 Å². The number of hydrogen-bond donors (Lipinski definition) is 1. The molecule has 1 fully saturated rings. The monoisotopic (exact) mass is 232 g/mol. The van der Waals surface area contributed by atoms with E-state index in [1.165, 1.54) is 18.4 Å². The summed E-state index contributed by atoms with van der Waals surface area (Å²) < 4.78 is 0. The first-order chi connectivity index (χ1) is 7.98. The summed E-state index contributed by atoms with van der Waals surface area (Å²) >= 11 is 0. The van der Waals surface area contributed by atoms with Crippen LogP contribution in [0.4, 0.5) is 0 Å². The highest BCUT2D eigenvalue weighted by atomic mass is 14.8. The van der Waals surface area contributed by atoms with Crippen molar-refractivity contribution in [2.45, 2.75) is 39.0 Å². The molecular weight excluding hydrogens is 208 g/mol. The van der Waals surface area contributed by atoms with Crippen LogP contribution in [0.5, 0.6) is 0 Å². The predicted molar refractivity (Wildman–Crippen MR) is 72.0 cm³/mol. The lowest BCUT2D eigenvalue weighted by atomic mass is 9.52. The average Bonchev–Trinajstić information content (AvgIpc) is 2.22. The van der Waals surface area contributed by atoms with Crippen LogP contribution in [-0.4, -0.2) is 18.6 Å². The first-order valence-corrected chi connectivity index (χ1v) is 6.53. The summed E-state index contributed by atoms with van der Waals surface area (Å²) in [5, 5.41) is 3.35. The summed E-state index contributed by atoms with van der Waals surface area (Å²) in [4.78, 5) is 4.27. The number of hydrogen-bond acceptors (Lipinski definition) is 2. The zero-order valence-electron chi connectivity index (χ0n) is 11.5. The molecule has 0 spiro atoms. The first kappa shape index (κ1) is 12.6. The van der Waals surface area contributed by atoms with Crippen molar-refractivity contribution >= 4 is 0 Å². The maximum atomic E-state index is 4.27. The third-order valence-electron chi connectivity index (χ3n) is 4.29. The van der Waals surface area contributed by atoms with Gasteiger partial charge in [0, 0.05) is 24.4 Å². The lowest BCUT2D eigenvalue weighted by molar-refractivity contribution is 0.0458. The van der Waals surface area contributed by atoms with Crippen LogP contribution in [0.1, 0.15) is 39.2 Å². The Labute approximate surface area is 105 Å². The van der Waals surface area contributed by atoms with Gasteiger partial charge in [0.2, 0.25) is 0 Å². The van der Waals surface area contributed by atoms with Crippen molar-refractivity contribution in [3.63, 3.8) is 0 Å². The van der Waals surface area contributed by atoms with Crippen molar-refractivity contribution < 1.29 is 0 Å². The summed E-state index contributed by atoms with van der Waals surface area (Å²) in [6, 6.07) is 4.28. The molecule has 1 saturated carbocycles. The van der Waals surface area contributed by atoms with E-state index in [0.717, 1.165) is 12.5 Å². The predicted octanol–water partition coefficient (Wildman–Crippen LogP) is 2.99. The highest BCUT2D eigenvalue weighted by molar-refractivity contribution is 5.27. The Kier molecular flexibility index (Phi) is 3.26. The Morgan fingerprint density at radius 2 is 2.12 bits per heavy atom. The number of nitrogens with one attached hydrogen (secondary N) is 1. The Morgan fingerprint density at radius 1 is 1.41 bits per heavy atom. The van der Waals surface area contributed by atoms with Gasteiger partial charge >= 0.3 is 0 Å². The number of aromatic nitrogens is 1. The number of nitrogens with zero attached hydrogens (tertiary/aromatic N) is 1. The Bertz CT molecular complexity index is 358. The minimum absolute atomic E-state index is 0.320. The molecule has 94 valence electrons. The summed E-state index contributed by atoms with van der Waals surface area (Å²) in [6.07, 6.45) is 6.46. The van der Waals surface area contributed by atoms with Crippen LogP contribution < -0.4 is 5.32 Å². The zero-order chi connectivity index (χ0) is 12.5. The van der Waals surface area contributed by atoms with Gasteiger partial charge in [0.25, 0.3) is 0 Å². The van der Waals surface area contributed by atoms with Crippen LogP contribution in [0.25, 0.3) is 0 Å². The number of pyridine rings is 1. The molecule has 0 unspecified atom stereocenters.